The summed E-state index contributed by atoms with van der Waals surface area (Å²) in [6, 6.07) is 39.7. The number of fused-ring (bicyclic) bond motifs is 10. The highest BCUT2D eigenvalue weighted by molar-refractivity contribution is 7.00. The molecule has 0 bridgehead atoms. The molecule has 0 saturated carbocycles. The van der Waals surface area contributed by atoms with Gasteiger partial charge in [0.2, 0.25) is 0 Å². The second kappa shape index (κ2) is 29.6. The highest BCUT2D eigenvalue weighted by Crippen LogP contribution is 2.56. The molecule has 0 radical (unpaired) electrons. The van der Waals surface area contributed by atoms with Crippen molar-refractivity contribution in [3.63, 3.8) is 0 Å². The molecule has 17 rings (SSSR count). The normalized spacial score (nSPS) is 17.6. The topological polar surface area (TPSA) is 16.3 Å². The summed E-state index contributed by atoms with van der Waals surface area (Å²) in [4.78, 5) is 4.07. The SMILES string of the molecule is [2H]c1c([2H])c([2H])c2c(c1[2H])c1c([2H])c([2H])c([2H])c([2H])c1n2-c1ccc2c(c1)N(c1c(-c3cccc(C([2H])([2H])C(C)(C)C)c3)cc(C([2H])([2H])C(C)(C)C)cc1-c1cccc(C([2H])([2H])C(C)(C)C)c1)c1cc(CC(C)(C)C)cc3c1B2c1ccc(-n2c4c([2H])c([2H])c([2H])c([2H])c4c4c([2H])c([2H])c([2H])c([2H])c42)cc1N3c1c(-c2cccc(C([2H])([2H])C(C)(C)C)c2)cc(C([2H])([2H])C(C)(C)C)cc1-c1cccc(C([2H])([2H])C(C)(C)C)c1. The Hall–Kier alpha value is -10.9. The summed E-state index contributed by atoms with van der Waals surface area (Å²) in [6.45, 7) is 37.3. The molecule has 2 aliphatic rings. The molecule has 13 aromatic carbocycles. The van der Waals surface area contributed by atoms with Crippen LogP contribution in [0.1, 0.15) is 223 Å². The smallest absolute Gasteiger partial charge is 0.252 e. The van der Waals surface area contributed by atoms with Crippen molar-refractivity contribution < 1.29 is 38.4 Å². The lowest BCUT2D eigenvalue weighted by atomic mass is 9.33. The van der Waals surface area contributed by atoms with E-state index in [2.05, 4.69) is 32.9 Å². The van der Waals surface area contributed by atoms with Gasteiger partial charge in [-0.25, -0.2) is 0 Å². The average molecular weight is 1570 g/mol. The largest absolute Gasteiger partial charge is 0.310 e. The minimum absolute atomic E-state index is 0.0805. The monoisotopic (exact) mass is 1570 g/mol. The molecule has 2 aliphatic heterocycles. The lowest BCUT2D eigenvalue weighted by Crippen LogP contribution is -2.61. The van der Waals surface area contributed by atoms with Crippen molar-refractivity contribution in [1.29, 1.82) is 0 Å². The van der Waals surface area contributed by atoms with Gasteiger partial charge in [0, 0.05) is 94.4 Å². The minimum Gasteiger partial charge on any atom is -0.310 e. The molecule has 0 unspecified atom stereocenters. The Morgan fingerprint density at radius 1 is 0.271 bits per heavy atom. The summed E-state index contributed by atoms with van der Waals surface area (Å²) < 4.78 is 281. The number of aromatic nitrogens is 2. The third-order valence-electron chi connectivity index (χ3n) is 20.9. The molecule has 118 heavy (non-hydrogen) atoms. The maximum Gasteiger partial charge on any atom is 0.252 e. The van der Waals surface area contributed by atoms with E-state index in [1.807, 2.05) is 46.2 Å². The number of nitrogens with zero attached hydrogens (tertiary/aromatic N) is 4. The second-order valence-electron chi connectivity index (χ2n) is 39.4. The third kappa shape index (κ3) is 16.1. The fourth-order valence-electron chi connectivity index (χ4n) is 17.3. The van der Waals surface area contributed by atoms with Crippen LogP contribution in [-0.4, -0.2) is 15.8 Å². The first-order chi connectivity index (χ1) is 67.1. The number of hydrogen-bond donors (Lipinski definition) is 0. The van der Waals surface area contributed by atoms with Gasteiger partial charge in [-0.3, -0.25) is 0 Å². The number of benzene rings is 13. The molecule has 0 fully saturated rings. The average Bonchev–Trinajstić information content (AvgIpc) is 0.858. The molecule has 0 amide bonds. The maximum atomic E-state index is 10.6. The van der Waals surface area contributed by atoms with E-state index in [9.17, 15) is 38.4 Å². The molecular weight excluding hydrogens is 1420 g/mol. The first-order valence-corrected chi connectivity index (χ1v) is 41.0. The van der Waals surface area contributed by atoms with Crippen molar-refractivity contribution in [3.05, 3.63) is 305 Å². The fraction of sp³-hybridized carbons (Fsp3) is 0.310. The van der Waals surface area contributed by atoms with Crippen LogP contribution >= 0.6 is 0 Å². The van der Waals surface area contributed by atoms with E-state index in [1.165, 1.54) is 9.13 Å². The van der Waals surface area contributed by atoms with Crippen LogP contribution in [0.3, 0.4) is 0 Å². The number of rotatable bonds is 15. The zero-order valence-corrected chi connectivity index (χ0v) is 71.7. The Bertz CT molecular complexity index is 7260. The van der Waals surface area contributed by atoms with Crippen molar-refractivity contribution in [1.82, 2.24) is 9.13 Å². The van der Waals surface area contributed by atoms with Crippen LogP contribution in [0.5, 0.6) is 0 Å². The Morgan fingerprint density at radius 2 is 0.542 bits per heavy atom. The van der Waals surface area contributed by atoms with E-state index >= 15 is 0 Å². The van der Waals surface area contributed by atoms with Gasteiger partial charge in [0.05, 0.1) is 55.4 Å². The Kier molecular flexibility index (Phi) is 13.2. The van der Waals surface area contributed by atoms with Crippen molar-refractivity contribution in [2.75, 3.05) is 9.80 Å². The highest BCUT2D eigenvalue weighted by Gasteiger charge is 2.47. The van der Waals surface area contributed by atoms with Gasteiger partial charge < -0.3 is 18.9 Å². The summed E-state index contributed by atoms with van der Waals surface area (Å²) in [7, 11) is 0. The summed E-state index contributed by atoms with van der Waals surface area (Å²) in [5, 5.41) is -0.890. The molecule has 4 heterocycles. The molecule has 15 aromatic rings. The van der Waals surface area contributed by atoms with E-state index in [4.69, 9.17) is 0 Å². The first-order valence-electron chi connectivity index (χ1n) is 55.0. The predicted octanol–water partition coefficient (Wildman–Crippen LogP) is 29.8. The van der Waals surface area contributed by atoms with Crippen LogP contribution in [0.2, 0.25) is 0 Å². The summed E-state index contributed by atoms with van der Waals surface area (Å²) in [5.41, 5.74) is -0.386. The van der Waals surface area contributed by atoms with Crippen LogP contribution in [0, 0.1) is 37.9 Å². The van der Waals surface area contributed by atoms with Gasteiger partial charge in [0.25, 0.3) is 6.71 Å². The van der Waals surface area contributed by atoms with Gasteiger partial charge >= 0.3 is 0 Å². The maximum absolute atomic E-state index is 10.6. The zero-order valence-electron chi connectivity index (χ0n) is 99.7. The van der Waals surface area contributed by atoms with Gasteiger partial charge in [-0.2, -0.15) is 0 Å². The molecule has 5 heteroatoms. The molecule has 596 valence electrons. The number of para-hydroxylation sites is 4. The van der Waals surface area contributed by atoms with Crippen LogP contribution in [0.4, 0.5) is 34.1 Å². The molecule has 0 N–H and O–H groups in total. The molecule has 0 atom stereocenters. The van der Waals surface area contributed by atoms with Gasteiger partial charge in [-0.15, -0.1) is 0 Å². The molecule has 4 nitrogen and oxygen atoms in total. The number of hydrogen-bond acceptors (Lipinski definition) is 2. The van der Waals surface area contributed by atoms with Crippen molar-refractivity contribution in [2.24, 2.45) is 37.9 Å². The molecule has 2 aromatic heterocycles. The van der Waals surface area contributed by atoms with Crippen LogP contribution in [0.25, 0.3) is 99.5 Å². The molecular formula is C113H121BN4. The van der Waals surface area contributed by atoms with Crippen molar-refractivity contribution in [2.45, 2.75) is 190 Å². The fourth-order valence-corrected chi connectivity index (χ4v) is 17.3. The Balaban J connectivity index is 1.18. The Morgan fingerprint density at radius 3 is 0.814 bits per heavy atom. The van der Waals surface area contributed by atoms with Gasteiger partial charge in [-0.1, -0.05) is 327 Å². The second-order valence-corrected chi connectivity index (χ2v) is 39.4. The van der Waals surface area contributed by atoms with E-state index in [0.717, 1.165) is 0 Å². The third-order valence-corrected chi connectivity index (χ3v) is 20.9. The van der Waals surface area contributed by atoms with Gasteiger partial charge in [-0.05, 0) is 245 Å². The summed E-state index contributed by atoms with van der Waals surface area (Å²) in [6.07, 6.45) is -12.7. The van der Waals surface area contributed by atoms with Gasteiger partial charge in [0.1, 0.15) is 0 Å². The summed E-state index contributed by atoms with van der Waals surface area (Å²) in [5.74, 6) is 0. The van der Waals surface area contributed by atoms with Crippen LogP contribution < -0.4 is 26.2 Å². The summed E-state index contributed by atoms with van der Waals surface area (Å²) >= 11 is 0. The molecule has 0 aliphatic carbocycles. The van der Waals surface area contributed by atoms with Crippen molar-refractivity contribution >= 4 is 101 Å². The Labute approximate surface area is 744 Å². The standard InChI is InChI=1S/C113H121BN4/c1-107(2,3)66-73-34-30-38-80(54-73)90-58-77(70-111(13,14)15)59-91(81-39-31-35-74(55-81)67-108(4,5)6)105(90)117-100-64-84(115-96-46-26-22-42-86(96)87-43-23-27-47-97(87)115)50-52-94(100)114-95-53-51-85(116-98-48-28-24-44-88(98)89-45-25-29-49-99(89)116)65-101(95)118(103-63-79(72-113(19,20)21)62-102(117)104(103)114)106-92(82-40-32-36-75(56-82)68-109(7,8)9)60-78(71-112(16,17)18)61-93(106)83-41-33-37-76(57-83)69-110(10,11)12/h22-65H,66-72H2,1-21H3/i22D,23D,24D,25D,26D,27D,28D,29D,42D,43D,44D,45D,46D,47D,48D,49D,66D2,67D2,68D2,69D2,70D2,71D2. The minimum atomic E-state index is -2.27. The van der Waals surface area contributed by atoms with Crippen LogP contribution in [-0.2, 0) is 44.7 Å². The van der Waals surface area contributed by atoms with E-state index < -0.39 is 180 Å². The lowest BCUT2D eigenvalue weighted by Gasteiger charge is -2.46. The quantitative estimate of drug-likeness (QED) is 0.0951. The van der Waals surface area contributed by atoms with E-state index in [-0.39, 0.29) is 118 Å². The van der Waals surface area contributed by atoms with Crippen LogP contribution in [0.15, 0.2) is 267 Å². The van der Waals surface area contributed by atoms with Gasteiger partial charge in [0.15, 0.2) is 0 Å². The van der Waals surface area contributed by atoms with E-state index in [0.29, 0.717) is 77.8 Å². The number of anilines is 6. The molecule has 0 spiro atoms. The lowest BCUT2D eigenvalue weighted by molar-refractivity contribution is 0.410. The zero-order chi connectivity index (χ0) is 108. The molecule has 0 saturated heterocycles. The van der Waals surface area contributed by atoms with Crippen molar-refractivity contribution in [3.8, 4) is 55.9 Å². The van der Waals surface area contributed by atoms with E-state index in [1.54, 1.807) is 246 Å². The first kappa shape index (κ1) is 52.8. The highest BCUT2D eigenvalue weighted by atomic mass is 15.2. The predicted molar refractivity (Wildman–Crippen MR) is 513 cm³/mol.